The van der Waals surface area contributed by atoms with Gasteiger partial charge in [-0.05, 0) is 24.7 Å². The standard InChI is InChI=1S/C12H15N3O3/c1-13-6-11(16)15(2)7-8-3-4-9-10(5-8)18-12(17)14-9/h3-5,13H,6-7H2,1-2H3,(H,14,17). The monoisotopic (exact) mass is 249 g/mol. The van der Waals surface area contributed by atoms with Crippen LogP contribution in [0.25, 0.3) is 11.1 Å². The molecule has 0 fully saturated rings. The molecule has 0 bridgehead atoms. The molecule has 0 aliphatic heterocycles. The lowest BCUT2D eigenvalue weighted by Crippen LogP contribution is -2.33. The van der Waals surface area contributed by atoms with Gasteiger partial charge in [-0.3, -0.25) is 9.78 Å². The van der Waals surface area contributed by atoms with E-state index in [9.17, 15) is 9.59 Å². The van der Waals surface area contributed by atoms with E-state index in [1.54, 1.807) is 31.1 Å². The first-order chi connectivity index (χ1) is 8.60. The summed E-state index contributed by atoms with van der Waals surface area (Å²) >= 11 is 0. The topological polar surface area (TPSA) is 78.3 Å². The summed E-state index contributed by atoms with van der Waals surface area (Å²) < 4.78 is 4.97. The van der Waals surface area contributed by atoms with E-state index in [4.69, 9.17) is 4.42 Å². The Morgan fingerprint density at radius 2 is 2.28 bits per heavy atom. The van der Waals surface area contributed by atoms with Crippen LogP contribution in [0.15, 0.2) is 27.4 Å². The summed E-state index contributed by atoms with van der Waals surface area (Å²) in [5, 5.41) is 2.81. The van der Waals surface area contributed by atoms with Crippen molar-refractivity contribution in [2.45, 2.75) is 6.54 Å². The van der Waals surface area contributed by atoms with E-state index in [0.29, 0.717) is 24.2 Å². The fourth-order valence-electron chi connectivity index (χ4n) is 1.74. The minimum Gasteiger partial charge on any atom is -0.408 e. The number of H-pyrrole nitrogens is 1. The smallest absolute Gasteiger partial charge is 0.408 e. The minimum absolute atomic E-state index is 0.00752. The molecule has 0 saturated heterocycles. The van der Waals surface area contributed by atoms with E-state index >= 15 is 0 Å². The van der Waals surface area contributed by atoms with Gasteiger partial charge in [0, 0.05) is 13.6 Å². The fraction of sp³-hybridized carbons (Fsp3) is 0.333. The molecular formula is C12H15N3O3. The molecule has 6 heteroatoms. The second-order valence-corrected chi connectivity index (χ2v) is 4.13. The number of benzene rings is 1. The van der Waals surface area contributed by atoms with Crippen LogP contribution in [0.4, 0.5) is 0 Å². The van der Waals surface area contributed by atoms with E-state index in [1.165, 1.54) is 0 Å². The highest BCUT2D eigenvalue weighted by Crippen LogP contribution is 2.13. The number of hydrogen-bond acceptors (Lipinski definition) is 4. The number of rotatable bonds is 4. The van der Waals surface area contributed by atoms with Gasteiger partial charge >= 0.3 is 5.76 Å². The lowest BCUT2D eigenvalue weighted by Gasteiger charge is -2.16. The maximum Gasteiger partial charge on any atom is 0.417 e. The lowest BCUT2D eigenvalue weighted by molar-refractivity contribution is -0.129. The molecule has 0 aliphatic rings. The SMILES string of the molecule is CNCC(=O)N(C)Cc1ccc2[nH]c(=O)oc2c1. The Morgan fingerprint density at radius 1 is 1.50 bits per heavy atom. The average molecular weight is 249 g/mol. The number of aromatic amines is 1. The number of carbonyl (C=O) groups excluding carboxylic acids is 1. The van der Waals surface area contributed by atoms with Crippen molar-refractivity contribution in [2.24, 2.45) is 0 Å². The van der Waals surface area contributed by atoms with Gasteiger partial charge in [0.15, 0.2) is 5.58 Å². The first kappa shape index (κ1) is 12.4. The number of hydrogen-bond donors (Lipinski definition) is 2. The van der Waals surface area contributed by atoms with Gasteiger partial charge in [-0.15, -0.1) is 0 Å². The zero-order chi connectivity index (χ0) is 13.1. The van der Waals surface area contributed by atoms with Crippen molar-refractivity contribution in [3.05, 3.63) is 34.3 Å². The molecule has 1 heterocycles. The zero-order valence-corrected chi connectivity index (χ0v) is 10.3. The largest absolute Gasteiger partial charge is 0.417 e. The summed E-state index contributed by atoms with van der Waals surface area (Å²) in [7, 11) is 3.46. The predicted octanol–water partition coefficient (Wildman–Crippen LogP) is 0.299. The Morgan fingerprint density at radius 3 is 3.00 bits per heavy atom. The average Bonchev–Trinajstić information content (AvgIpc) is 2.68. The predicted molar refractivity (Wildman–Crippen MR) is 67.2 cm³/mol. The highest BCUT2D eigenvalue weighted by molar-refractivity contribution is 5.78. The van der Waals surface area contributed by atoms with Gasteiger partial charge in [0.05, 0.1) is 12.1 Å². The molecule has 0 atom stereocenters. The molecule has 0 saturated carbocycles. The lowest BCUT2D eigenvalue weighted by atomic mass is 10.2. The van der Waals surface area contributed by atoms with Gasteiger partial charge < -0.3 is 14.6 Å². The molecule has 0 unspecified atom stereocenters. The van der Waals surface area contributed by atoms with Crippen molar-refractivity contribution >= 4 is 17.0 Å². The van der Waals surface area contributed by atoms with Gasteiger partial charge in [-0.25, -0.2) is 4.79 Å². The Kier molecular flexibility index (Phi) is 3.47. The van der Waals surface area contributed by atoms with Crippen LogP contribution in [0, 0.1) is 0 Å². The highest BCUT2D eigenvalue weighted by atomic mass is 16.4. The number of likely N-dealkylation sites (N-methyl/N-ethyl adjacent to an activating group) is 2. The van der Waals surface area contributed by atoms with Crippen LogP contribution in [-0.4, -0.2) is 36.4 Å². The molecule has 2 aromatic rings. The molecule has 0 radical (unpaired) electrons. The molecule has 2 rings (SSSR count). The number of oxazole rings is 1. The molecule has 1 amide bonds. The van der Waals surface area contributed by atoms with Gasteiger partial charge in [0.2, 0.25) is 5.91 Å². The first-order valence-electron chi connectivity index (χ1n) is 5.60. The van der Waals surface area contributed by atoms with Crippen molar-refractivity contribution in [3.63, 3.8) is 0 Å². The number of carbonyl (C=O) groups is 1. The Bertz CT molecular complexity index is 614. The maximum atomic E-state index is 11.6. The molecular weight excluding hydrogens is 234 g/mol. The van der Waals surface area contributed by atoms with Gasteiger partial charge in [-0.1, -0.05) is 6.07 Å². The second-order valence-electron chi connectivity index (χ2n) is 4.13. The van der Waals surface area contributed by atoms with E-state index in [2.05, 4.69) is 10.3 Å². The van der Waals surface area contributed by atoms with Crippen molar-refractivity contribution in [1.29, 1.82) is 0 Å². The Balaban J connectivity index is 2.16. The third-order valence-electron chi connectivity index (χ3n) is 2.66. The third kappa shape index (κ3) is 2.60. The van der Waals surface area contributed by atoms with Crippen molar-refractivity contribution in [1.82, 2.24) is 15.2 Å². The maximum absolute atomic E-state index is 11.6. The number of nitrogens with one attached hydrogen (secondary N) is 2. The van der Waals surface area contributed by atoms with E-state index in [1.807, 2.05) is 6.07 Å². The van der Waals surface area contributed by atoms with Crippen LogP contribution in [0.5, 0.6) is 0 Å². The van der Waals surface area contributed by atoms with Crippen LogP contribution in [-0.2, 0) is 11.3 Å². The molecule has 1 aromatic heterocycles. The molecule has 0 aliphatic carbocycles. The zero-order valence-electron chi connectivity index (χ0n) is 10.3. The Hall–Kier alpha value is -2.08. The number of nitrogens with zero attached hydrogens (tertiary/aromatic N) is 1. The van der Waals surface area contributed by atoms with E-state index in [-0.39, 0.29) is 5.91 Å². The summed E-state index contributed by atoms with van der Waals surface area (Å²) in [5.41, 5.74) is 2.08. The molecule has 2 N–H and O–H groups in total. The number of aromatic nitrogens is 1. The van der Waals surface area contributed by atoms with Gasteiger partial charge in [0.25, 0.3) is 0 Å². The third-order valence-corrected chi connectivity index (χ3v) is 2.66. The van der Waals surface area contributed by atoms with Crippen LogP contribution in [0.2, 0.25) is 0 Å². The summed E-state index contributed by atoms with van der Waals surface area (Å²) in [4.78, 5) is 26.8. The Labute approximate surface area is 104 Å². The van der Waals surface area contributed by atoms with Gasteiger partial charge in [-0.2, -0.15) is 0 Å². The van der Waals surface area contributed by atoms with E-state index < -0.39 is 5.76 Å². The summed E-state index contributed by atoms with van der Waals surface area (Å²) in [6.45, 7) is 0.781. The normalized spacial score (nSPS) is 10.8. The molecule has 0 spiro atoms. The molecule has 96 valence electrons. The van der Waals surface area contributed by atoms with Crippen LogP contribution in [0.1, 0.15) is 5.56 Å². The molecule has 1 aromatic carbocycles. The van der Waals surface area contributed by atoms with Crippen LogP contribution in [0.3, 0.4) is 0 Å². The quantitative estimate of drug-likeness (QED) is 0.817. The minimum atomic E-state index is -0.471. The fourth-order valence-corrected chi connectivity index (χ4v) is 1.74. The second kappa shape index (κ2) is 5.05. The van der Waals surface area contributed by atoms with Crippen LogP contribution < -0.4 is 11.1 Å². The number of fused-ring (bicyclic) bond motifs is 1. The van der Waals surface area contributed by atoms with Crippen molar-refractivity contribution < 1.29 is 9.21 Å². The van der Waals surface area contributed by atoms with Crippen LogP contribution >= 0.6 is 0 Å². The van der Waals surface area contributed by atoms with Crippen molar-refractivity contribution in [2.75, 3.05) is 20.6 Å². The molecule has 6 nitrogen and oxygen atoms in total. The van der Waals surface area contributed by atoms with Gasteiger partial charge in [0.1, 0.15) is 0 Å². The number of amides is 1. The van der Waals surface area contributed by atoms with Crippen molar-refractivity contribution in [3.8, 4) is 0 Å². The molecule has 18 heavy (non-hydrogen) atoms. The first-order valence-corrected chi connectivity index (χ1v) is 5.60. The summed E-state index contributed by atoms with van der Waals surface area (Å²) in [6.07, 6.45) is 0. The van der Waals surface area contributed by atoms with E-state index in [0.717, 1.165) is 5.56 Å². The highest BCUT2D eigenvalue weighted by Gasteiger charge is 2.09. The summed E-state index contributed by atoms with van der Waals surface area (Å²) in [5.74, 6) is -0.463. The summed E-state index contributed by atoms with van der Waals surface area (Å²) in [6, 6.07) is 5.39.